The van der Waals surface area contributed by atoms with Crippen LogP contribution in [0.15, 0.2) is 87.5 Å². The van der Waals surface area contributed by atoms with E-state index in [1.54, 1.807) is 49.4 Å². The van der Waals surface area contributed by atoms with Crippen molar-refractivity contribution in [2.24, 2.45) is 0 Å². The highest BCUT2D eigenvalue weighted by molar-refractivity contribution is 7.91. The van der Waals surface area contributed by atoms with E-state index in [1.165, 1.54) is 36.4 Å². The summed E-state index contributed by atoms with van der Waals surface area (Å²) in [6.07, 6.45) is 1.00. The summed E-state index contributed by atoms with van der Waals surface area (Å²) in [4.78, 5) is 27.6. The van der Waals surface area contributed by atoms with Gasteiger partial charge >= 0.3 is 5.97 Å². The number of hydrogen-bond donors (Lipinski definition) is 3. The van der Waals surface area contributed by atoms with Gasteiger partial charge < -0.3 is 15.4 Å². The van der Waals surface area contributed by atoms with E-state index in [2.05, 4.69) is 10.3 Å². The summed E-state index contributed by atoms with van der Waals surface area (Å²) in [5.74, 6) is -1.83. The lowest BCUT2D eigenvalue weighted by molar-refractivity contribution is -0.137. The number of aromatic amines is 1. The number of carboxylic acid groups (broad SMARTS) is 1. The average molecular weight is 605 g/mol. The first-order valence-corrected chi connectivity index (χ1v) is 16.2. The molecule has 42 heavy (non-hydrogen) atoms. The maximum absolute atomic E-state index is 13.7. The molecule has 0 spiro atoms. The molecule has 0 saturated heterocycles. The Labute approximate surface area is 243 Å². The third kappa shape index (κ3) is 5.65. The van der Waals surface area contributed by atoms with Crippen molar-refractivity contribution in [1.29, 1.82) is 0 Å². The Balaban J connectivity index is 1.61. The van der Waals surface area contributed by atoms with E-state index < -0.39 is 31.6 Å². The van der Waals surface area contributed by atoms with Gasteiger partial charge in [-0.1, -0.05) is 48.0 Å². The summed E-state index contributed by atoms with van der Waals surface area (Å²) in [6, 6.07) is 19.5. The van der Waals surface area contributed by atoms with Gasteiger partial charge in [-0.05, 0) is 67.8 Å². The molecular formula is C31H28N2O7S2. The number of H-pyrrole nitrogens is 1. The highest BCUT2D eigenvalue weighted by Gasteiger charge is 2.31. The zero-order chi connectivity index (χ0) is 30.2. The Morgan fingerprint density at radius 2 is 1.57 bits per heavy atom. The van der Waals surface area contributed by atoms with Crippen LogP contribution in [0.1, 0.15) is 40.1 Å². The summed E-state index contributed by atoms with van der Waals surface area (Å²) in [5, 5.41) is 12.1. The molecule has 0 radical (unpaired) electrons. The summed E-state index contributed by atoms with van der Waals surface area (Å²) < 4.78 is 53.9. The number of fused-ring (bicyclic) bond motifs is 1. The van der Waals surface area contributed by atoms with Gasteiger partial charge in [-0.25, -0.2) is 16.8 Å². The number of benzene rings is 3. The van der Waals surface area contributed by atoms with Crippen LogP contribution < -0.4 is 5.32 Å². The highest BCUT2D eigenvalue weighted by Crippen LogP contribution is 2.38. The minimum absolute atomic E-state index is 0.0314. The van der Waals surface area contributed by atoms with Crippen molar-refractivity contribution in [3.8, 4) is 0 Å². The second kappa shape index (κ2) is 11.1. The van der Waals surface area contributed by atoms with E-state index in [0.29, 0.717) is 22.5 Å². The Morgan fingerprint density at radius 3 is 2.24 bits per heavy atom. The van der Waals surface area contributed by atoms with Gasteiger partial charge in [0.1, 0.15) is 0 Å². The molecule has 2 heterocycles. The average Bonchev–Trinajstić information content (AvgIpc) is 3.43. The van der Waals surface area contributed by atoms with Crippen LogP contribution in [0.3, 0.4) is 0 Å². The lowest BCUT2D eigenvalue weighted by Gasteiger charge is -2.09. The molecule has 3 N–H and O–H groups in total. The molecule has 4 aromatic rings. The smallest absolute Gasteiger partial charge is 0.303 e. The van der Waals surface area contributed by atoms with Crippen LogP contribution in [-0.4, -0.2) is 38.8 Å². The maximum atomic E-state index is 13.7. The quantitative estimate of drug-likeness (QED) is 0.229. The van der Waals surface area contributed by atoms with Crippen molar-refractivity contribution >= 4 is 48.9 Å². The van der Waals surface area contributed by atoms with E-state index in [9.17, 15) is 31.5 Å². The minimum atomic E-state index is -4.04. The fourth-order valence-electron chi connectivity index (χ4n) is 5.01. The highest BCUT2D eigenvalue weighted by atomic mass is 32.2. The zero-order valence-corrected chi connectivity index (χ0v) is 24.5. The van der Waals surface area contributed by atoms with Crippen LogP contribution in [0, 0.1) is 13.8 Å². The number of carboxylic acids is 1. The summed E-state index contributed by atoms with van der Waals surface area (Å²) in [5.41, 5.74) is 3.16. The maximum Gasteiger partial charge on any atom is 0.303 e. The molecule has 0 unspecified atom stereocenters. The van der Waals surface area contributed by atoms with Crippen molar-refractivity contribution in [2.45, 2.75) is 47.1 Å². The molecule has 0 aliphatic carbocycles. The van der Waals surface area contributed by atoms with Gasteiger partial charge in [0.2, 0.25) is 9.84 Å². The lowest BCUT2D eigenvalue weighted by atomic mass is 10.0. The molecule has 0 atom stereocenters. The Bertz CT molecular complexity index is 1960. The van der Waals surface area contributed by atoms with Gasteiger partial charge in [0.05, 0.1) is 26.0 Å². The second-order valence-electron chi connectivity index (χ2n) is 10.1. The van der Waals surface area contributed by atoms with Crippen LogP contribution in [0.2, 0.25) is 0 Å². The summed E-state index contributed by atoms with van der Waals surface area (Å²) in [7, 11) is -7.79. The predicted octanol–water partition coefficient (Wildman–Crippen LogP) is 4.95. The van der Waals surface area contributed by atoms with Crippen molar-refractivity contribution in [3.63, 3.8) is 0 Å². The van der Waals surface area contributed by atoms with E-state index >= 15 is 0 Å². The number of nitrogens with one attached hydrogen (secondary N) is 2. The van der Waals surface area contributed by atoms with Crippen LogP contribution in [0.4, 0.5) is 5.69 Å². The number of aliphatic carboxylic acids is 1. The molecule has 1 aromatic heterocycles. The lowest BCUT2D eigenvalue weighted by Crippen LogP contribution is -2.08. The van der Waals surface area contributed by atoms with Gasteiger partial charge in [0, 0.05) is 29.1 Å². The molecule has 216 valence electrons. The molecule has 5 rings (SSSR count). The van der Waals surface area contributed by atoms with Gasteiger partial charge in [-0.3, -0.25) is 9.59 Å². The number of anilines is 1. The fourth-order valence-corrected chi connectivity index (χ4v) is 8.10. The van der Waals surface area contributed by atoms with Crippen LogP contribution in [-0.2, 0) is 41.4 Å². The first kappa shape index (κ1) is 29.0. The van der Waals surface area contributed by atoms with Crippen LogP contribution >= 0.6 is 0 Å². The van der Waals surface area contributed by atoms with E-state index in [-0.39, 0.29) is 50.1 Å². The monoisotopic (exact) mass is 604 g/mol. The van der Waals surface area contributed by atoms with E-state index in [0.717, 1.165) is 5.56 Å². The number of carbonyl (C=O) groups excluding carboxylic acids is 1. The number of aromatic nitrogens is 1. The first-order chi connectivity index (χ1) is 19.9. The van der Waals surface area contributed by atoms with Crippen molar-refractivity contribution in [1.82, 2.24) is 4.98 Å². The standard InChI is InChI=1S/C31H28N2O7S2/c1-19-8-10-22(11-9-19)42(39,40)30-20(2)32-28(24(30)13-15-29(34)35)17-26-25-16-23(12-14-27(25)33-31(26)36)41(37,38)18-21-6-4-3-5-7-21/h3-12,14,16-17,32H,13,15,18H2,1-2H3,(H,33,36)(H,34,35). The molecule has 3 aromatic carbocycles. The molecule has 0 bridgehead atoms. The first-order valence-electron chi connectivity index (χ1n) is 13.1. The van der Waals surface area contributed by atoms with E-state index in [1.807, 2.05) is 6.92 Å². The number of sulfone groups is 2. The number of amides is 1. The molecule has 0 fully saturated rings. The molecular weight excluding hydrogens is 576 g/mol. The van der Waals surface area contributed by atoms with Crippen LogP contribution in [0.5, 0.6) is 0 Å². The van der Waals surface area contributed by atoms with Crippen molar-refractivity contribution in [2.75, 3.05) is 5.32 Å². The third-order valence-corrected chi connectivity index (χ3v) is 10.7. The van der Waals surface area contributed by atoms with Crippen molar-refractivity contribution in [3.05, 3.63) is 106 Å². The molecule has 11 heteroatoms. The topological polar surface area (TPSA) is 150 Å². The van der Waals surface area contributed by atoms with E-state index in [4.69, 9.17) is 0 Å². The fraction of sp³-hybridized carbons (Fsp3) is 0.161. The summed E-state index contributed by atoms with van der Waals surface area (Å²) >= 11 is 0. The Morgan fingerprint density at radius 1 is 0.905 bits per heavy atom. The number of hydrogen-bond acceptors (Lipinski definition) is 6. The predicted molar refractivity (Wildman–Crippen MR) is 158 cm³/mol. The Kier molecular flexibility index (Phi) is 7.65. The van der Waals surface area contributed by atoms with Crippen molar-refractivity contribution < 1.29 is 31.5 Å². The molecule has 1 aliphatic rings. The normalized spacial score (nSPS) is 14.1. The Hall–Kier alpha value is -4.48. The largest absolute Gasteiger partial charge is 0.481 e. The number of aryl methyl sites for hydroxylation is 2. The van der Waals surface area contributed by atoms with Gasteiger partial charge in [-0.2, -0.15) is 0 Å². The second-order valence-corrected chi connectivity index (χ2v) is 14.0. The van der Waals surface area contributed by atoms with Gasteiger partial charge in [0.25, 0.3) is 5.91 Å². The molecule has 0 saturated carbocycles. The van der Waals surface area contributed by atoms with Crippen LogP contribution in [0.25, 0.3) is 11.6 Å². The molecule has 9 nitrogen and oxygen atoms in total. The third-order valence-electron chi connectivity index (χ3n) is 7.07. The SMILES string of the molecule is Cc1ccc(S(=O)(=O)c2c(C)[nH]c(C=C3C(=O)Nc4ccc(S(=O)(=O)Cc5ccccc5)cc43)c2CCC(=O)O)cc1. The molecule has 1 amide bonds. The zero-order valence-electron chi connectivity index (χ0n) is 22.8. The number of carbonyl (C=O) groups is 2. The van der Waals surface area contributed by atoms with Gasteiger partial charge in [-0.15, -0.1) is 0 Å². The minimum Gasteiger partial charge on any atom is -0.481 e. The number of rotatable bonds is 9. The van der Waals surface area contributed by atoms with Gasteiger partial charge in [0.15, 0.2) is 9.84 Å². The molecule has 1 aliphatic heterocycles. The summed E-state index contributed by atoms with van der Waals surface area (Å²) in [6.45, 7) is 3.41.